The Morgan fingerprint density at radius 3 is 2.41 bits per heavy atom. The van der Waals surface area contributed by atoms with E-state index in [0.29, 0.717) is 44.0 Å². The molecule has 1 unspecified atom stereocenters. The smallest absolute Gasteiger partial charge is 0.259 e. The second kappa shape index (κ2) is 8.18. The summed E-state index contributed by atoms with van der Waals surface area (Å²) in [6.45, 7) is 2.27. The molecule has 4 heterocycles. The predicted octanol–water partition coefficient (Wildman–Crippen LogP) is 1.75. The predicted molar refractivity (Wildman–Crippen MR) is 117 cm³/mol. The number of para-hydroxylation sites is 1. The molecule has 1 atom stereocenters. The third-order valence-corrected chi connectivity index (χ3v) is 7.98. The summed E-state index contributed by atoms with van der Waals surface area (Å²) in [7, 11) is -2.94. The maximum absolute atomic E-state index is 14.5. The van der Waals surface area contributed by atoms with Gasteiger partial charge in [0.2, 0.25) is 0 Å². The van der Waals surface area contributed by atoms with Gasteiger partial charge in [-0.15, -0.1) is 0 Å². The van der Waals surface area contributed by atoms with E-state index < -0.39 is 15.7 Å². The molecule has 2 fully saturated rings. The van der Waals surface area contributed by atoms with E-state index in [-0.39, 0.29) is 29.1 Å². The van der Waals surface area contributed by atoms with Crippen LogP contribution in [0, 0.1) is 5.82 Å². The van der Waals surface area contributed by atoms with Crippen molar-refractivity contribution in [3.05, 3.63) is 66.4 Å². The maximum atomic E-state index is 14.5. The van der Waals surface area contributed by atoms with Crippen LogP contribution >= 0.6 is 0 Å². The van der Waals surface area contributed by atoms with Crippen LogP contribution in [0.1, 0.15) is 16.8 Å². The molecule has 2 aliphatic rings. The summed E-state index contributed by atoms with van der Waals surface area (Å²) < 4.78 is 41.3. The highest BCUT2D eigenvalue weighted by Gasteiger charge is 2.35. The fraction of sp³-hybridized carbons (Fsp3) is 0.364. The molecule has 2 aromatic heterocycles. The minimum atomic E-state index is -2.94. The fourth-order valence-corrected chi connectivity index (χ4v) is 6.30. The molecule has 0 saturated carbocycles. The van der Waals surface area contributed by atoms with Crippen molar-refractivity contribution in [2.45, 2.75) is 12.5 Å². The van der Waals surface area contributed by atoms with Crippen molar-refractivity contribution in [2.75, 3.05) is 37.7 Å². The Morgan fingerprint density at radius 2 is 1.75 bits per heavy atom. The highest BCUT2D eigenvalue weighted by Crippen LogP contribution is 2.24. The second-order valence-corrected chi connectivity index (χ2v) is 10.4. The SMILES string of the molecule is O=C(c1cnn(-c2ccccc2F)c1-n1cccc1)N1CCN(C2CCS(=O)(=O)C2)CC1. The highest BCUT2D eigenvalue weighted by molar-refractivity contribution is 7.91. The number of piperazine rings is 1. The van der Waals surface area contributed by atoms with Crippen molar-refractivity contribution in [1.82, 2.24) is 24.1 Å². The first-order chi connectivity index (χ1) is 15.4. The van der Waals surface area contributed by atoms with Crippen molar-refractivity contribution in [3.63, 3.8) is 0 Å². The number of carbonyl (C=O) groups is 1. The third kappa shape index (κ3) is 3.84. The zero-order valence-electron chi connectivity index (χ0n) is 17.5. The van der Waals surface area contributed by atoms with E-state index in [9.17, 15) is 17.6 Å². The van der Waals surface area contributed by atoms with E-state index in [1.165, 1.54) is 16.9 Å². The Kier molecular flexibility index (Phi) is 5.34. The zero-order valence-corrected chi connectivity index (χ0v) is 18.3. The summed E-state index contributed by atoms with van der Waals surface area (Å²) in [6.07, 6.45) is 5.73. The Balaban J connectivity index is 1.40. The summed E-state index contributed by atoms with van der Waals surface area (Å²) in [4.78, 5) is 17.4. The van der Waals surface area contributed by atoms with Crippen molar-refractivity contribution in [1.29, 1.82) is 0 Å². The van der Waals surface area contributed by atoms with E-state index in [4.69, 9.17) is 0 Å². The van der Waals surface area contributed by atoms with Gasteiger partial charge in [0.25, 0.3) is 5.91 Å². The summed E-state index contributed by atoms with van der Waals surface area (Å²) >= 11 is 0. The lowest BCUT2D eigenvalue weighted by atomic mass is 10.1. The molecule has 1 aromatic carbocycles. The van der Waals surface area contributed by atoms with Crippen LogP contribution in [-0.2, 0) is 9.84 Å². The fourth-order valence-electron chi connectivity index (χ4n) is 4.54. The van der Waals surface area contributed by atoms with Gasteiger partial charge in [-0.1, -0.05) is 12.1 Å². The van der Waals surface area contributed by atoms with Crippen molar-refractivity contribution >= 4 is 15.7 Å². The van der Waals surface area contributed by atoms with Crippen LogP contribution in [-0.4, -0.2) is 82.2 Å². The van der Waals surface area contributed by atoms with Gasteiger partial charge in [0.1, 0.15) is 17.1 Å². The van der Waals surface area contributed by atoms with Gasteiger partial charge >= 0.3 is 0 Å². The highest BCUT2D eigenvalue weighted by atomic mass is 32.2. The number of halogens is 1. The normalized spacial score (nSPS) is 21.2. The quantitative estimate of drug-likeness (QED) is 0.596. The number of hydrogen-bond acceptors (Lipinski definition) is 5. The summed E-state index contributed by atoms with van der Waals surface area (Å²) in [5.41, 5.74) is 0.656. The molecular weight excluding hydrogens is 433 g/mol. The van der Waals surface area contributed by atoms with Crippen LogP contribution < -0.4 is 0 Å². The standard InChI is InChI=1S/C22H24FN5O3S/c23-19-5-1-2-6-20(19)28-21(26-8-3-4-9-26)18(15-24-28)22(29)27-12-10-25(11-13-27)17-7-14-32(30,31)16-17/h1-6,8-9,15,17H,7,10-14,16H2. The molecule has 0 spiro atoms. The van der Waals surface area contributed by atoms with Crippen molar-refractivity contribution < 1.29 is 17.6 Å². The Bertz CT molecular complexity index is 1230. The van der Waals surface area contributed by atoms with Crippen LogP contribution in [0.5, 0.6) is 0 Å². The number of carbonyl (C=O) groups excluding carboxylic acids is 1. The molecular formula is C22H24FN5O3S. The van der Waals surface area contributed by atoms with E-state index >= 15 is 0 Å². The van der Waals surface area contributed by atoms with E-state index in [1.807, 2.05) is 12.1 Å². The van der Waals surface area contributed by atoms with Crippen LogP contribution in [0.4, 0.5) is 4.39 Å². The first-order valence-corrected chi connectivity index (χ1v) is 12.4. The number of rotatable bonds is 4. The molecule has 0 bridgehead atoms. The van der Waals surface area contributed by atoms with Gasteiger partial charge < -0.3 is 9.47 Å². The average Bonchev–Trinajstić information content (AvgIpc) is 3.53. The third-order valence-electron chi connectivity index (χ3n) is 6.23. The Labute approximate surface area is 185 Å². The molecule has 0 radical (unpaired) electrons. The lowest BCUT2D eigenvalue weighted by molar-refractivity contribution is 0.0588. The average molecular weight is 458 g/mol. The number of benzene rings is 1. The summed E-state index contributed by atoms with van der Waals surface area (Å²) in [5, 5.41) is 4.34. The molecule has 168 valence electrons. The van der Waals surface area contributed by atoms with Crippen LogP contribution in [0.3, 0.4) is 0 Å². The lowest BCUT2D eigenvalue weighted by Crippen LogP contribution is -2.52. The van der Waals surface area contributed by atoms with Crippen molar-refractivity contribution in [2.24, 2.45) is 0 Å². The Hall–Kier alpha value is -2.98. The lowest BCUT2D eigenvalue weighted by Gasteiger charge is -2.37. The number of amides is 1. The molecule has 0 aliphatic carbocycles. The monoisotopic (exact) mass is 457 g/mol. The molecule has 1 amide bonds. The number of aromatic nitrogens is 3. The van der Waals surface area contributed by atoms with Gasteiger partial charge in [0, 0.05) is 44.6 Å². The molecule has 3 aromatic rings. The van der Waals surface area contributed by atoms with Crippen LogP contribution in [0.25, 0.3) is 11.5 Å². The number of nitrogens with zero attached hydrogens (tertiary/aromatic N) is 5. The van der Waals surface area contributed by atoms with Crippen molar-refractivity contribution in [3.8, 4) is 11.5 Å². The van der Waals surface area contributed by atoms with E-state index in [1.54, 1.807) is 40.1 Å². The molecule has 2 aliphatic heterocycles. The van der Waals surface area contributed by atoms with Gasteiger partial charge in [-0.05, 0) is 30.7 Å². The molecule has 32 heavy (non-hydrogen) atoms. The largest absolute Gasteiger partial charge is 0.336 e. The first kappa shape index (κ1) is 20.9. The number of sulfone groups is 1. The van der Waals surface area contributed by atoms with E-state index in [0.717, 1.165) is 0 Å². The molecule has 8 nitrogen and oxygen atoms in total. The number of hydrogen-bond donors (Lipinski definition) is 0. The molecule has 2 saturated heterocycles. The minimum absolute atomic E-state index is 0.0384. The first-order valence-electron chi connectivity index (χ1n) is 10.6. The van der Waals surface area contributed by atoms with Gasteiger partial charge in [-0.2, -0.15) is 5.10 Å². The molecule has 10 heteroatoms. The minimum Gasteiger partial charge on any atom is -0.336 e. The zero-order chi connectivity index (χ0) is 22.3. The van der Waals surface area contributed by atoms with Gasteiger partial charge in [0.05, 0.1) is 17.7 Å². The van der Waals surface area contributed by atoms with E-state index in [2.05, 4.69) is 10.00 Å². The van der Waals surface area contributed by atoms with Gasteiger partial charge in [-0.3, -0.25) is 9.69 Å². The summed E-state index contributed by atoms with van der Waals surface area (Å²) in [6, 6.07) is 10.0. The molecule has 5 rings (SSSR count). The van der Waals surface area contributed by atoms with Crippen LogP contribution in [0.15, 0.2) is 55.0 Å². The molecule has 0 N–H and O–H groups in total. The second-order valence-electron chi connectivity index (χ2n) is 8.22. The van der Waals surface area contributed by atoms with Gasteiger partial charge in [0.15, 0.2) is 15.7 Å². The topological polar surface area (TPSA) is 80.4 Å². The summed E-state index contributed by atoms with van der Waals surface area (Å²) in [5.74, 6) is 0.327. The Morgan fingerprint density at radius 1 is 1.03 bits per heavy atom. The van der Waals surface area contributed by atoms with Crippen LogP contribution in [0.2, 0.25) is 0 Å². The van der Waals surface area contributed by atoms with Gasteiger partial charge in [-0.25, -0.2) is 17.5 Å². The maximum Gasteiger partial charge on any atom is 0.259 e.